The Morgan fingerprint density at radius 1 is 1.20 bits per heavy atom. The van der Waals surface area contributed by atoms with Gasteiger partial charge in [-0.3, -0.25) is 4.99 Å². The number of nitrogens with zero attached hydrogens (tertiary/aromatic N) is 2. The van der Waals surface area contributed by atoms with Gasteiger partial charge in [-0.05, 0) is 46.7 Å². The first-order valence-electron chi connectivity index (χ1n) is 9.87. The van der Waals surface area contributed by atoms with E-state index in [9.17, 15) is 5.11 Å². The van der Waals surface area contributed by atoms with Gasteiger partial charge in [-0.2, -0.15) is 0 Å². The summed E-state index contributed by atoms with van der Waals surface area (Å²) < 4.78 is 5.55. The predicted octanol–water partition coefficient (Wildman–Crippen LogP) is 1.59. The number of aliphatic hydroxyl groups is 1. The van der Waals surface area contributed by atoms with Crippen LogP contribution >= 0.6 is 0 Å². The molecule has 2 atom stereocenters. The molecule has 146 valence electrons. The lowest BCUT2D eigenvalue weighted by atomic mass is 9.73. The van der Waals surface area contributed by atoms with Crippen LogP contribution in [0, 0.1) is 5.41 Å². The molecule has 1 aliphatic heterocycles. The molecule has 0 aromatic carbocycles. The second kappa shape index (κ2) is 9.19. The van der Waals surface area contributed by atoms with Crippen LogP contribution in [0.2, 0.25) is 0 Å². The fourth-order valence-electron chi connectivity index (χ4n) is 3.95. The number of ether oxygens (including phenoxy) is 1. The zero-order chi connectivity index (χ0) is 18.3. The van der Waals surface area contributed by atoms with Crippen LogP contribution in [0.4, 0.5) is 0 Å². The highest BCUT2D eigenvalue weighted by Crippen LogP contribution is 2.36. The number of hydrogen-bond donors (Lipinski definition) is 3. The monoisotopic (exact) mass is 354 g/mol. The summed E-state index contributed by atoms with van der Waals surface area (Å²) in [6, 6.07) is 0. The number of guanidine groups is 1. The summed E-state index contributed by atoms with van der Waals surface area (Å²) in [6.07, 6.45) is 6.10. The molecule has 25 heavy (non-hydrogen) atoms. The first-order valence-corrected chi connectivity index (χ1v) is 9.87. The molecule has 2 fully saturated rings. The van der Waals surface area contributed by atoms with E-state index in [1.807, 2.05) is 0 Å². The van der Waals surface area contributed by atoms with Crippen molar-refractivity contribution in [3.63, 3.8) is 0 Å². The molecule has 1 heterocycles. The Balaban J connectivity index is 1.99. The average Bonchev–Trinajstić information content (AvgIpc) is 2.61. The Kier molecular flexibility index (Phi) is 7.52. The molecule has 2 unspecified atom stereocenters. The molecule has 1 saturated heterocycles. The van der Waals surface area contributed by atoms with Crippen molar-refractivity contribution in [2.24, 2.45) is 10.4 Å². The van der Waals surface area contributed by atoms with Crippen molar-refractivity contribution in [1.82, 2.24) is 15.5 Å². The molecule has 0 bridgehead atoms. The van der Waals surface area contributed by atoms with Crippen molar-refractivity contribution in [2.75, 3.05) is 46.9 Å². The van der Waals surface area contributed by atoms with E-state index in [1.165, 1.54) is 6.42 Å². The summed E-state index contributed by atoms with van der Waals surface area (Å²) in [5.74, 6) is 0.856. The van der Waals surface area contributed by atoms with Gasteiger partial charge in [-0.15, -0.1) is 0 Å². The van der Waals surface area contributed by atoms with Gasteiger partial charge < -0.3 is 25.4 Å². The zero-order valence-electron chi connectivity index (χ0n) is 16.6. The minimum absolute atomic E-state index is 0.0987. The van der Waals surface area contributed by atoms with Crippen LogP contribution in [0.15, 0.2) is 4.99 Å². The predicted molar refractivity (Wildman–Crippen MR) is 103 cm³/mol. The summed E-state index contributed by atoms with van der Waals surface area (Å²) in [7, 11) is 4.30. The molecule has 6 heteroatoms. The highest BCUT2D eigenvalue weighted by molar-refractivity contribution is 5.79. The molecule has 1 aliphatic carbocycles. The van der Waals surface area contributed by atoms with Crippen molar-refractivity contribution in [1.29, 1.82) is 0 Å². The molecule has 2 aliphatic rings. The van der Waals surface area contributed by atoms with Gasteiger partial charge in [0.25, 0.3) is 0 Å². The molecule has 0 aromatic heterocycles. The Labute approximate surface area is 153 Å². The quantitative estimate of drug-likeness (QED) is 0.499. The van der Waals surface area contributed by atoms with Crippen molar-refractivity contribution in [3.05, 3.63) is 0 Å². The summed E-state index contributed by atoms with van der Waals surface area (Å²) in [5.41, 5.74) is 0.0151. The van der Waals surface area contributed by atoms with Crippen LogP contribution in [0.1, 0.15) is 52.4 Å². The van der Waals surface area contributed by atoms with Crippen molar-refractivity contribution >= 4 is 5.96 Å². The van der Waals surface area contributed by atoms with Crippen LogP contribution < -0.4 is 10.6 Å². The van der Waals surface area contributed by atoms with Crippen LogP contribution in [-0.4, -0.2) is 74.6 Å². The molecule has 0 amide bonds. The number of aliphatic hydroxyl groups excluding tert-OH is 1. The lowest BCUT2D eigenvalue weighted by molar-refractivity contribution is -0.00514. The van der Waals surface area contributed by atoms with E-state index in [1.54, 1.807) is 0 Å². The van der Waals surface area contributed by atoms with Gasteiger partial charge in [0.15, 0.2) is 5.96 Å². The SMILES string of the molecule is CCNC(=NCC1(C)CCCCC1O)NCC1(N(C)C)CCOCC1. The lowest BCUT2D eigenvalue weighted by Crippen LogP contribution is -2.57. The first kappa shape index (κ1) is 20.5. The summed E-state index contributed by atoms with van der Waals surface area (Å²) in [6.45, 7) is 8.25. The number of aliphatic imine (C=N–C) groups is 1. The van der Waals surface area contributed by atoms with E-state index < -0.39 is 0 Å². The fraction of sp³-hybridized carbons (Fsp3) is 0.947. The lowest BCUT2D eigenvalue weighted by Gasteiger charge is -2.43. The Bertz CT molecular complexity index is 435. The molecular weight excluding hydrogens is 316 g/mol. The van der Waals surface area contributed by atoms with E-state index in [0.29, 0.717) is 6.54 Å². The van der Waals surface area contributed by atoms with Crippen molar-refractivity contribution in [3.8, 4) is 0 Å². The molecule has 6 nitrogen and oxygen atoms in total. The molecule has 2 rings (SSSR count). The van der Waals surface area contributed by atoms with Gasteiger partial charge in [0, 0.05) is 37.3 Å². The highest BCUT2D eigenvalue weighted by atomic mass is 16.5. The molecule has 3 N–H and O–H groups in total. The zero-order valence-corrected chi connectivity index (χ0v) is 16.6. The van der Waals surface area contributed by atoms with E-state index in [-0.39, 0.29) is 17.1 Å². The first-order chi connectivity index (χ1) is 11.9. The number of rotatable bonds is 6. The second-order valence-electron chi connectivity index (χ2n) is 8.20. The van der Waals surface area contributed by atoms with Gasteiger partial charge >= 0.3 is 0 Å². The molecule has 0 radical (unpaired) electrons. The summed E-state index contributed by atoms with van der Waals surface area (Å²) in [5, 5.41) is 17.3. The molecular formula is C19H38N4O2. The van der Waals surface area contributed by atoms with Crippen molar-refractivity contribution in [2.45, 2.75) is 64.0 Å². The Morgan fingerprint density at radius 2 is 1.92 bits per heavy atom. The third-order valence-corrected chi connectivity index (χ3v) is 6.18. The molecule has 0 aromatic rings. The normalized spacial score (nSPS) is 30.3. The van der Waals surface area contributed by atoms with Gasteiger partial charge in [0.2, 0.25) is 0 Å². The number of likely N-dealkylation sites (N-methyl/N-ethyl adjacent to an activating group) is 1. The third kappa shape index (κ3) is 5.31. The smallest absolute Gasteiger partial charge is 0.191 e. The van der Waals surface area contributed by atoms with Gasteiger partial charge in [-0.25, -0.2) is 0 Å². The Morgan fingerprint density at radius 3 is 2.52 bits per heavy atom. The fourth-order valence-corrected chi connectivity index (χ4v) is 3.95. The Hall–Kier alpha value is -0.850. The van der Waals surface area contributed by atoms with E-state index in [0.717, 1.165) is 64.4 Å². The highest BCUT2D eigenvalue weighted by Gasteiger charge is 2.36. The van der Waals surface area contributed by atoms with Gasteiger partial charge in [-0.1, -0.05) is 19.8 Å². The minimum Gasteiger partial charge on any atom is -0.392 e. The standard InChI is InChI=1S/C19H38N4O2/c1-5-20-17(21-14-18(2)9-7-6-8-16(18)24)22-15-19(23(3)4)10-12-25-13-11-19/h16,24H,5-15H2,1-4H3,(H2,20,21,22). The van der Waals surface area contributed by atoms with Crippen LogP contribution in [0.3, 0.4) is 0 Å². The maximum Gasteiger partial charge on any atom is 0.191 e. The minimum atomic E-state index is -0.239. The van der Waals surface area contributed by atoms with Crippen LogP contribution in [0.25, 0.3) is 0 Å². The largest absolute Gasteiger partial charge is 0.392 e. The maximum absolute atomic E-state index is 10.4. The topological polar surface area (TPSA) is 69.1 Å². The maximum atomic E-state index is 10.4. The van der Waals surface area contributed by atoms with Crippen molar-refractivity contribution < 1.29 is 9.84 Å². The van der Waals surface area contributed by atoms with Gasteiger partial charge in [0.1, 0.15) is 0 Å². The van der Waals surface area contributed by atoms with Gasteiger partial charge in [0.05, 0.1) is 12.6 Å². The van der Waals surface area contributed by atoms with E-state index in [4.69, 9.17) is 9.73 Å². The second-order valence-corrected chi connectivity index (χ2v) is 8.20. The summed E-state index contributed by atoms with van der Waals surface area (Å²) in [4.78, 5) is 7.14. The molecule has 0 spiro atoms. The van der Waals surface area contributed by atoms with Crippen LogP contribution in [0.5, 0.6) is 0 Å². The third-order valence-electron chi connectivity index (χ3n) is 6.18. The number of hydrogen-bond acceptors (Lipinski definition) is 4. The van der Waals surface area contributed by atoms with E-state index >= 15 is 0 Å². The summed E-state index contributed by atoms with van der Waals surface area (Å²) >= 11 is 0. The molecule has 1 saturated carbocycles. The van der Waals surface area contributed by atoms with Crippen LogP contribution in [-0.2, 0) is 4.74 Å². The van der Waals surface area contributed by atoms with E-state index in [2.05, 4.69) is 43.5 Å². The number of nitrogens with one attached hydrogen (secondary N) is 2. The average molecular weight is 355 g/mol.